The molecule has 2 heterocycles. The number of hydrogen-bond donors (Lipinski definition) is 1. The van der Waals surface area contributed by atoms with Gasteiger partial charge in [0.25, 0.3) is 5.91 Å². The van der Waals surface area contributed by atoms with Gasteiger partial charge in [0.2, 0.25) is 0 Å². The molecular formula is C23H25ClN4O3. The fourth-order valence-electron chi connectivity index (χ4n) is 3.51. The Balaban J connectivity index is 1.51. The van der Waals surface area contributed by atoms with E-state index in [1.807, 2.05) is 31.3 Å². The van der Waals surface area contributed by atoms with Gasteiger partial charge in [-0.05, 0) is 42.5 Å². The van der Waals surface area contributed by atoms with Crippen LogP contribution in [0.1, 0.15) is 10.4 Å². The number of carbonyl (C=O) groups excluding carboxylic acids is 1. The summed E-state index contributed by atoms with van der Waals surface area (Å²) in [5, 5.41) is 7.73. The highest BCUT2D eigenvalue weighted by Gasteiger charge is 2.15. The van der Waals surface area contributed by atoms with Crippen LogP contribution in [0.25, 0.3) is 11.3 Å². The van der Waals surface area contributed by atoms with Crippen molar-refractivity contribution in [1.82, 2.24) is 14.7 Å². The summed E-state index contributed by atoms with van der Waals surface area (Å²) in [5.41, 5.74) is 2.94. The number of nitrogens with zero attached hydrogens (tertiary/aromatic N) is 3. The van der Waals surface area contributed by atoms with Crippen molar-refractivity contribution in [3.05, 3.63) is 65.3 Å². The van der Waals surface area contributed by atoms with Crippen LogP contribution in [0, 0.1) is 0 Å². The van der Waals surface area contributed by atoms with Gasteiger partial charge in [0.1, 0.15) is 12.4 Å². The molecule has 4 rings (SSSR count). The fraction of sp³-hybridized carbons (Fsp3) is 0.304. The topological polar surface area (TPSA) is 68.6 Å². The number of ether oxygens (including phenoxy) is 2. The average Bonchev–Trinajstić information content (AvgIpc) is 3.21. The second-order valence-electron chi connectivity index (χ2n) is 7.32. The van der Waals surface area contributed by atoms with Gasteiger partial charge in [-0.25, -0.2) is 0 Å². The molecule has 1 aromatic heterocycles. The number of rotatable bonds is 7. The summed E-state index contributed by atoms with van der Waals surface area (Å²) in [6.07, 6.45) is 1.74. The molecule has 31 heavy (non-hydrogen) atoms. The van der Waals surface area contributed by atoms with Crippen LogP contribution in [0.3, 0.4) is 0 Å². The monoisotopic (exact) mass is 440 g/mol. The first-order chi connectivity index (χ1) is 15.1. The van der Waals surface area contributed by atoms with Crippen LogP contribution in [-0.4, -0.2) is 60.0 Å². The van der Waals surface area contributed by atoms with Crippen molar-refractivity contribution in [2.75, 3.05) is 44.8 Å². The van der Waals surface area contributed by atoms with E-state index >= 15 is 0 Å². The van der Waals surface area contributed by atoms with Crippen molar-refractivity contribution in [3.8, 4) is 17.0 Å². The zero-order chi connectivity index (χ0) is 21.6. The number of benzene rings is 2. The Hall–Kier alpha value is -2.87. The number of amides is 1. The highest BCUT2D eigenvalue weighted by molar-refractivity contribution is 6.31. The zero-order valence-corrected chi connectivity index (χ0v) is 18.1. The molecule has 1 aliphatic rings. The number of aromatic nitrogens is 2. The standard InChI is InChI=1S/C23H25ClN4O3/c1-27-21(7-8-25-27)20-16-19(26-23(29)17-3-2-4-18(24)15-17)5-6-22(20)31-14-11-28-9-12-30-13-10-28/h2-8,15-16H,9-14H2,1H3,(H,26,29). The molecule has 3 aromatic rings. The number of morpholine rings is 1. The molecule has 0 atom stereocenters. The van der Waals surface area contributed by atoms with E-state index in [4.69, 9.17) is 21.1 Å². The molecule has 2 aromatic carbocycles. The summed E-state index contributed by atoms with van der Waals surface area (Å²) in [5.74, 6) is 0.525. The second-order valence-corrected chi connectivity index (χ2v) is 7.75. The predicted molar refractivity (Wildman–Crippen MR) is 121 cm³/mol. The lowest BCUT2D eigenvalue weighted by Crippen LogP contribution is -2.38. The Morgan fingerprint density at radius 2 is 2.03 bits per heavy atom. The van der Waals surface area contributed by atoms with Gasteiger partial charge in [-0.15, -0.1) is 0 Å². The zero-order valence-electron chi connectivity index (χ0n) is 17.4. The van der Waals surface area contributed by atoms with Crippen LogP contribution < -0.4 is 10.1 Å². The number of hydrogen-bond acceptors (Lipinski definition) is 5. The summed E-state index contributed by atoms with van der Waals surface area (Å²) in [7, 11) is 1.88. The summed E-state index contributed by atoms with van der Waals surface area (Å²) >= 11 is 6.01. The van der Waals surface area contributed by atoms with Gasteiger partial charge in [0.05, 0.1) is 18.9 Å². The molecule has 0 spiro atoms. The Morgan fingerprint density at radius 3 is 2.77 bits per heavy atom. The molecule has 0 saturated carbocycles. The number of nitrogens with one attached hydrogen (secondary N) is 1. The maximum absolute atomic E-state index is 12.6. The molecule has 1 amide bonds. The first kappa shape index (κ1) is 21.4. The van der Waals surface area contributed by atoms with Crippen molar-refractivity contribution in [1.29, 1.82) is 0 Å². The molecular weight excluding hydrogens is 416 g/mol. The Labute approximate surface area is 186 Å². The van der Waals surface area contributed by atoms with Crippen molar-refractivity contribution < 1.29 is 14.3 Å². The SMILES string of the molecule is Cn1nccc1-c1cc(NC(=O)c2cccc(Cl)c2)ccc1OCCN1CCOCC1. The van der Waals surface area contributed by atoms with E-state index in [-0.39, 0.29) is 5.91 Å². The van der Waals surface area contributed by atoms with Crippen LogP contribution in [-0.2, 0) is 11.8 Å². The quantitative estimate of drug-likeness (QED) is 0.606. The molecule has 162 valence electrons. The van der Waals surface area contributed by atoms with Gasteiger partial charge in [-0.1, -0.05) is 17.7 Å². The van der Waals surface area contributed by atoms with E-state index in [0.717, 1.165) is 49.9 Å². The molecule has 8 heteroatoms. The predicted octanol–water partition coefficient (Wildman–Crippen LogP) is 3.70. The third-order valence-electron chi connectivity index (χ3n) is 5.19. The Morgan fingerprint density at radius 1 is 1.19 bits per heavy atom. The van der Waals surface area contributed by atoms with Crippen molar-refractivity contribution in [2.45, 2.75) is 0 Å². The first-order valence-electron chi connectivity index (χ1n) is 10.2. The largest absolute Gasteiger partial charge is 0.492 e. The van der Waals surface area contributed by atoms with Crippen LogP contribution in [0.2, 0.25) is 5.02 Å². The minimum atomic E-state index is -0.223. The van der Waals surface area contributed by atoms with E-state index in [9.17, 15) is 4.79 Å². The summed E-state index contributed by atoms with van der Waals surface area (Å²) in [6, 6.07) is 14.4. The van der Waals surface area contributed by atoms with Crippen molar-refractivity contribution in [3.63, 3.8) is 0 Å². The molecule has 1 fully saturated rings. The molecule has 0 radical (unpaired) electrons. The van der Waals surface area contributed by atoms with Crippen LogP contribution in [0.4, 0.5) is 5.69 Å². The van der Waals surface area contributed by atoms with Gasteiger partial charge < -0.3 is 14.8 Å². The highest BCUT2D eigenvalue weighted by Crippen LogP contribution is 2.32. The highest BCUT2D eigenvalue weighted by atomic mass is 35.5. The third kappa shape index (κ3) is 5.44. The lowest BCUT2D eigenvalue weighted by atomic mass is 10.1. The van der Waals surface area contributed by atoms with Gasteiger partial charge in [-0.2, -0.15) is 5.10 Å². The number of carbonyl (C=O) groups is 1. The van der Waals surface area contributed by atoms with Crippen molar-refractivity contribution in [2.24, 2.45) is 7.05 Å². The molecule has 0 aliphatic carbocycles. The van der Waals surface area contributed by atoms with Gasteiger partial charge in [0, 0.05) is 54.7 Å². The summed E-state index contributed by atoms with van der Waals surface area (Å²) in [6.45, 7) is 4.78. The molecule has 0 unspecified atom stereocenters. The van der Waals surface area contributed by atoms with Gasteiger partial charge in [-0.3, -0.25) is 14.4 Å². The molecule has 0 bridgehead atoms. The molecule has 1 aliphatic heterocycles. The minimum Gasteiger partial charge on any atom is -0.492 e. The molecule has 7 nitrogen and oxygen atoms in total. The van der Waals surface area contributed by atoms with E-state index in [1.54, 1.807) is 35.1 Å². The van der Waals surface area contributed by atoms with Gasteiger partial charge >= 0.3 is 0 Å². The van der Waals surface area contributed by atoms with E-state index < -0.39 is 0 Å². The average molecular weight is 441 g/mol. The number of anilines is 1. The molecule has 1 N–H and O–H groups in total. The lowest BCUT2D eigenvalue weighted by Gasteiger charge is -2.26. The summed E-state index contributed by atoms with van der Waals surface area (Å²) in [4.78, 5) is 15.0. The second kappa shape index (κ2) is 9.96. The number of aryl methyl sites for hydroxylation is 1. The minimum absolute atomic E-state index is 0.223. The van der Waals surface area contributed by atoms with Gasteiger partial charge in [0.15, 0.2) is 0 Å². The van der Waals surface area contributed by atoms with Crippen LogP contribution >= 0.6 is 11.6 Å². The van der Waals surface area contributed by atoms with E-state index in [2.05, 4.69) is 15.3 Å². The smallest absolute Gasteiger partial charge is 0.255 e. The van der Waals surface area contributed by atoms with E-state index in [1.165, 1.54) is 0 Å². The Kier molecular flexibility index (Phi) is 6.86. The maximum Gasteiger partial charge on any atom is 0.255 e. The summed E-state index contributed by atoms with van der Waals surface area (Å²) < 4.78 is 13.3. The third-order valence-corrected chi connectivity index (χ3v) is 5.42. The van der Waals surface area contributed by atoms with E-state index in [0.29, 0.717) is 22.9 Å². The number of halogens is 1. The normalized spacial score (nSPS) is 14.4. The van der Waals surface area contributed by atoms with Crippen molar-refractivity contribution >= 4 is 23.2 Å². The Bertz CT molecular complexity index is 1050. The van der Waals surface area contributed by atoms with Crippen LogP contribution in [0.15, 0.2) is 54.7 Å². The first-order valence-corrected chi connectivity index (χ1v) is 10.6. The fourth-order valence-corrected chi connectivity index (χ4v) is 3.70. The maximum atomic E-state index is 12.6. The van der Waals surface area contributed by atoms with Crippen LogP contribution in [0.5, 0.6) is 5.75 Å². The molecule has 1 saturated heterocycles. The lowest BCUT2D eigenvalue weighted by molar-refractivity contribution is 0.0323.